The lowest BCUT2D eigenvalue weighted by atomic mass is 9.64. The smallest absolute Gasteiger partial charge is 0.101 e. The van der Waals surface area contributed by atoms with Crippen molar-refractivity contribution >= 4 is 0 Å². The second kappa shape index (κ2) is 7.49. The first-order valence-corrected chi connectivity index (χ1v) is 7.42. The normalized spacial score (nSPS) is 15.2. The highest BCUT2D eigenvalue weighted by Gasteiger charge is 2.43. The summed E-state index contributed by atoms with van der Waals surface area (Å²) < 4.78 is 0. The molecule has 0 aromatic rings. The van der Waals surface area contributed by atoms with Gasteiger partial charge >= 0.3 is 0 Å². The van der Waals surface area contributed by atoms with E-state index >= 15 is 0 Å². The van der Waals surface area contributed by atoms with Crippen LogP contribution in [0.4, 0.5) is 0 Å². The summed E-state index contributed by atoms with van der Waals surface area (Å²) in [5, 5.41) is 0. The molecule has 0 radical (unpaired) electrons. The van der Waals surface area contributed by atoms with Crippen LogP contribution >= 0.6 is 0 Å². The molecule has 0 aromatic carbocycles. The average molecular weight is 258 g/mol. The van der Waals surface area contributed by atoms with E-state index in [0.717, 1.165) is 6.42 Å². The molecule has 18 heavy (non-hydrogen) atoms. The van der Waals surface area contributed by atoms with Gasteiger partial charge in [-0.1, -0.05) is 68.2 Å². The molecule has 1 atom stereocenters. The highest BCUT2D eigenvalue weighted by molar-refractivity contribution is 4.90. The van der Waals surface area contributed by atoms with Crippen LogP contribution in [0.3, 0.4) is 0 Å². The standard InChI is InChI=1S/C16H34O2/c1-9-10-11-12-17-18-14(13(2)3)16(7,8)15(4,5)6/h13-14H,9-12H2,1-8H3. The Balaban J connectivity index is 4.40. The van der Waals surface area contributed by atoms with E-state index in [9.17, 15) is 0 Å². The molecule has 0 fully saturated rings. The minimum atomic E-state index is 0.0753. The summed E-state index contributed by atoms with van der Waals surface area (Å²) in [5.74, 6) is 0.449. The molecule has 0 aliphatic rings. The van der Waals surface area contributed by atoms with E-state index in [1.165, 1.54) is 12.8 Å². The van der Waals surface area contributed by atoms with Gasteiger partial charge < -0.3 is 0 Å². The Morgan fingerprint density at radius 3 is 1.89 bits per heavy atom. The lowest BCUT2D eigenvalue weighted by Crippen LogP contribution is -2.45. The Bertz CT molecular complexity index is 214. The Labute approximate surface area is 114 Å². The zero-order valence-electron chi connectivity index (χ0n) is 13.8. The van der Waals surface area contributed by atoms with Crippen LogP contribution in [0.2, 0.25) is 0 Å². The van der Waals surface area contributed by atoms with Crippen LogP contribution in [0.25, 0.3) is 0 Å². The van der Waals surface area contributed by atoms with E-state index in [0.29, 0.717) is 12.5 Å². The minimum absolute atomic E-state index is 0.0753. The molecular weight excluding hydrogens is 224 g/mol. The van der Waals surface area contributed by atoms with Crippen molar-refractivity contribution < 1.29 is 9.78 Å². The van der Waals surface area contributed by atoms with Gasteiger partial charge in [-0.05, 0) is 23.2 Å². The van der Waals surface area contributed by atoms with Crippen molar-refractivity contribution in [3.63, 3.8) is 0 Å². The first-order valence-electron chi connectivity index (χ1n) is 7.42. The molecule has 0 heterocycles. The summed E-state index contributed by atoms with van der Waals surface area (Å²) in [7, 11) is 0. The molecule has 1 unspecified atom stereocenters. The molecule has 0 saturated heterocycles. The van der Waals surface area contributed by atoms with E-state index < -0.39 is 0 Å². The van der Waals surface area contributed by atoms with Crippen molar-refractivity contribution in [1.29, 1.82) is 0 Å². The van der Waals surface area contributed by atoms with Crippen molar-refractivity contribution in [2.24, 2.45) is 16.7 Å². The first-order chi connectivity index (χ1) is 8.14. The average Bonchev–Trinajstić information content (AvgIpc) is 2.20. The number of unbranched alkanes of at least 4 members (excludes halogenated alkanes) is 2. The molecule has 0 N–H and O–H groups in total. The fraction of sp³-hybridized carbons (Fsp3) is 1.00. The van der Waals surface area contributed by atoms with Crippen molar-refractivity contribution in [3.8, 4) is 0 Å². The van der Waals surface area contributed by atoms with Crippen LogP contribution in [-0.2, 0) is 9.78 Å². The van der Waals surface area contributed by atoms with Gasteiger partial charge in [0.2, 0.25) is 0 Å². The monoisotopic (exact) mass is 258 g/mol. The number of hydrogen-bond donors (Lipinski definition) is 0. The fourth-order valence-corrected chi connectivity index (χ4v) is 2.02. The molecule has 2 nitrogen and oxygen atoms in total. The molecular formula is C16H34O2. The van der Waals surface area contributed by atoms with Crippen molar-refractivity contribution in [3.05, 3.63) is 0 Å². The van der Waals surface area contributed by atoms with Crippen LogP contribution in [-0.4, -0.2) is 12.7 Å². The Kier molecular flexibility index (Phi) is 7.46. The van der Waals surface area contributed by atoms with Gasteiger partial charge in [0.15, 0.2) is 0 Å². The topological polar surface area (TPSA) is 18.5 Å². The Morgan fingerprint density at radius 2 is 1.50 bits per heavy atom. The summed E-state index contributed by atoms with van der Waals surface area (Å²) in [6.07, 6.45) is 3.62. The molecule has 110 valence electrons. The SMILES string of the molecule is CCCCCOOC(C(C)C)C(C)(C)C(C)(C)C. The van der Waals surface area contributed by atoms with Gasteiger partial charge in [-0.25, -0.2) is 9.78 Å². The second-order valence-electron chi connectivity index (χ2n) is 7.26. The van der Waals surface area contributed by atoms with E-state index in [1.807, 2.05) is 0 Å². The zero-order chi connectivity index (χ0) is 14.4. The van der Waals surface area contributed by atoms with E-state index in [2.05, 4.69) is 55.4 Å². The predicted molar refractivity (Wildman–Crippen MR) is 78.4 cm³/mol. The highest BCUT2D eigenvalue weighted by Crippen LogP contribution is 2.44. The van der Waals surface area contributed by atoms with Gasteiger partial charge in [0.05, 0.1) is 6.61 Å². The molecule has 0 bridgehead atoms. The van der Waals surface area contributed by atoms with E-state index in [4.69, 9.17) is 9.78 Å². The molecule has 0 amide bonds. The number of hydrogen-bond acceptors (Lipinski definition) is 2. The van der Waals surface area contributed by atoms with Gasteiger partial charge in [-0.2, -0.15) is 0 Å². The van der Waals surface area contributed by atoms with Crippen LogP contribution in [0.15, 0.2) is 0 Å². The molecule has 0 aliphatic carbocycles. The third-order valence-corrected chi connectivity index (χ3v) is 4.25. The van der Waals surface area contributed by atoms with Crippen LogP contribution in [0.5, 0.6) is 0 Å². The van der Waals surface area contributed by atoms with Gasteiger partial charge in [-0.3, -0.25) is 0 Å². The van der Waals surface area contributed by atoms with Crippen LogP contribution < -0.4 is 0 Å². The minimum Gasteiger partial charge on any atom is -0.236 e. The maximum atomic E-state index is 5.74. The summed E-state index contributed by atoms with van der Waals surface area (Å²) in [6, 6.07) is 0. The molecule has 0 aromatic heterocycles. The summed E-state index contributed by atoms with van der Waals surface area (Å²) in [4.78, 5) is 11.2. The predicted octanol–water partition coefficient (Wildman–Crippen LogP) is 5.22. The first kappa shape index (κ1) is 17.9. The van der Waals surface area contributed by atoms with Crippen LogP contribution in [0.1, 0.15) is 74.7 Å². The Morgan fingerprint density at radius 1 is 0.944 bits per heavy atom. The largest absolute Gasteiger partial charge is 0.236 e. The number of rotatable bonds is 8. The lowest BCUT2D eigenvalue weighted by Gasteiger charge is -2.45. The van der Waals surface area contributed by atoms with Gasteiger partial charge in [0.25, 0.3) is 0 Å². The Hall–Kier alpha value is -0.0800. The van der Waals surface area contributed by atoms with Gasteiger partial charge in [0, 0.05) is 0 Å². The fourth-order valence-electron chi connectivity index (χ4n) is 2.02. The van der Waals surface area contributed by atoms with Crippen LogP contribution in [0, 0.1) is 16.7 Å². The third-order valence-electron chi connectivity index (χ3n) is 4.25. The van der Waals surface area contributed by atoms with E-state index in [1.54, 1.807) is 0 Å². The summed E-state index contributed by atoms with van der Waals surface area (Å²) in [6.45, 7) is 18.6. The summed E-state index contributed by atoms with van der Waals surface area (Å²) in [5.41, 5.74) is 0.265. The summed E-state index contributed by atoms with van der Waals surface area (Å²) >= 11 is 0. The van der Waals surface area contributed by atoms with Crippen molar-refractivity contribution in [2.75, 3.05) is 6.61 Å². The maximum absolute atomic E-state index is 5.74. The molecule has 0 saturated carbocycles. The maximum Gasteiger partial charge on any atom is 0.101 e. The highest BCUT2D eigenvalue weighted by atomic mass is 17.2. The molecule has 0 spiro atoms. The zero-order valence-corrected chi connectivity index (χ0v) is 13.8. The van der Waals surface area contributed by atoms with Gasteiger partial charge in [0.1, 0.15) is 6.10 Å². The third kappa shape index (κ3) is 5.27. The van der Waals surface area contributed by atoms with E-state index in [-0.39, 0.29) is 16.9 Å². The quantitative estimate of drug-likeness (QED) is 0.337. The molecule has 0 aliphatic heterocycles. The molecule has 2 heteroatoms. The lowest BCUT2D eigenvalue weighted by molar-refractivity contribution is -0.358. The second-order valence-corrected chi connectivity index (χ2v) is 7.26. The molecule has 0 rings (SSSR count). The van der Waals surface area contributed by atoms with Crippen molar-refractivity contribution in [1.82, 2.24) is 0 Å². The van der Waals surface area contributed by atoms with Crippen molar-refractivity contribution in [2.45, 2.75) is 80.8 Å². The van der Waals surface area contributed by atoms with Gasteiger partial charge in [-0.15, -0.1) is 0 Å².